The van der Waals surface area contributed by atoms with Crippen molar-refractivity contribution in [3.05, 3.63) is 53.6 Å². The minimum absolute atomic E-state index is 0.0143. The Hall–Kier alpha value is -3.35. The Bertz CT molecular complexity index is 847. The Balaban J connectivity index is 1.66. The first-order valence-corrected chi connectivity index (χ1v) is 7.59. The summed E-state index contributed by atoms with van der Waals surface area (Å²) in [5.74, 6) is -0.0811. The number of ether oxygens (including phenoxy) is 2. The summed E-state index contributed by atoms with van der Waals surface area (Å²) in [6.07, 6.45) is -0.0842. The molecule has 128 valence electrons. The third kappa shape index (κ3) is 4.14. The number of carbonyl (C=O) groups is 2. The highest BCUT2D eigenvalue weighted by molar-refractivity contribution is 6.02. The monoisotopic (exact) mass is 340 g/mol. The van der Waals surface area contributed by atoms with E-state index >= 15 is 0 Å². The fourth-order valence-corrected chi connectivity index (χ4v) is 2.43. The number of carboxylic acid groups (broad SMARTS) is 1. The van der Waals surface area contributed by atoms with E-state index in [0.29, 0.717) is 28.3 Å². The highest BCUT2D eigenvalue weighted by Crippen LogP contribution is 2.28. The molecule has 3 rings (SSSR count). The summed E-state index contributed by atoms with van der Waals surface area (Å²) in [5, 5.41) is 19.7. The van der Waals surface area contributed by atoms with Gasteiger partial charge >= 0.3 is 5.97 Å². The van der Waals surface area contributed by atoms with Gasteiger partial charge < -0.3 is 25.3 Å². The molecular weight excluding hydrogens is 324 g/mol. The molecule has 0 spiro atoms. The zero-order valence-corrected chi connectivity index (χ0v) is 13.2. The Morgan fingerprint density at radius 2 is 2.12 bits per heavy atom. The largest absolute Gasteiger partial charge is 0.487 e. The molecule has 0 aromatic heterocycles. The number of carboxylic acids is 1. The fourth-order valence-electron chi connectivity index (χ4n) is 2.43. The van der Waals surface area contributed by atoms with E-state index in [9.17, 15) is 9.59 Å². The summed E-state index contributed by atoms with van der Waals surface area (Å²) in [5.41, 5.74) is 1.99. The maximum atomic E-state index is 11.4. The highest BCUT2D eigenvalue weighted by Gasteiger charge is 2.17. The van der Waals surface area contributed by atoms with Crippen molar-refractivity contribution in [3.63, 3.8) is 0 Å². The van der Waals surface area contributed by atoms with Crippen LogP contribution in [0.15, 0.2) is 42.5 Å². The second kappa shape index (κ2) is 7.04. The average Bonchev–Trinajstić information content (AvgIpc) is 2.58. The SMILES string of the molecule is N=C(COc1cccc(CC(=O)O)c1)c1ccc2c(c1)NC(=O)CO2. The van der Waals surface area contributed by atoms with E-state index in [2.05, 4.69) is 5.32 Å². The Kier molecular flexibility index (Phi) is 4.65. The van der Waals surface area contributed by atoms with Crippen molar-refractivity contribution < 1.29 is 24.2 Å². The molecule has 7 nitrogen and oxygen atoms in total. The molecule has 3 N–H and O–H groups in total. The molecular formula is C18H16N2O5. The molecule has 0 saturated heterocycles. The number of amides is 1. The standard InChI is InChI=1S/C18H16N2O5/c19-14(9-24-13-3-1-2-11(6-13)7-18(22)23)12-4-5-16-15(8-12)20-17(21)10-25-16/h1-6,8,19H,7,9-10H2,(H,20,21)(H,22,23). The van der Waals surface area contributed by atoms with Gasteiger partial charge in [0.15, 0.2) is 6.61 Å². The normalized spacial score (nSPS) is 12.6. The first kappa shape index (κ1) is 16.5. The van der Waals surface area contributed by atoms with E-state index in [4.69, 9.17) is 20.0 Å². The molecule has 0 unspecified atom stereocenters. The molecule has 0 saturated carbocycles. The molecule has 0 bridgehead atoms. The van der Waals surface area contributed by atoms with Crippen LogP contribution in [0.3, 0.4) is 0 Å². The van der Waals surface area contributed by atoms with Crippen LogP contribution in [0, 0.1) is 5.41 Å². The molecule has 0 aliphatic carbocycles. The molecule has 2 aromatic carbocycles. The Morgan fingerprint density at radius 1 is 1.28 bits per heavy atom. The third-order valence-corrected chi connectivity index (χ3v) is 3.60. The summed E-state index contributed by atoms with van der Waals surface area (Å²) in [6.45, 7) is 0.00367. The van der Waals surface area contributed by atoms with Crippen LogP contribution in [0.1, 0.15) is 11.1 Å². The minimum atomic E-state index is -0.914. The van der Waals surface area contributed by atoms with Crippen LogP contribution < -0.4 is 14.8 Å². The van der Waals surface area contributed by atoms with E-state index in [0.717, 1.165) is 0 Å². The topological polar surface area (TPSA) is 109 Å². The average molecular weight is 340 g/mol. The number of hydrogen-bond donors (Lipinski definition) is 3. The van der Waals surface area contributed by atoms with Crippen LogP contribution in [0.25, 0.3) is 0 Å². The number of fused-ring (bicyclic) bond motifs is 1. The number of carbonyl (C=O) groups excluding carboxylic acids is 1. The lowest BCUT2D eigenvalue weighted by Gasteiger charge is -2.18. The van der Waals surface area contributed by atoms with Crippen molar-refractivity contribution in [2.75, 3.05) is 18.5 Å². The van der Waals surface area contributed by atoms with Crippen molar-refractivity contribution in [1.29, 1.82) is 5.41 Å². The molecule has 0 atom stereocenters. The van der Waals surface area contributed by atoms with E-state index in [-0.39, 0.29) is 31.3 Å². The van der Waals surface area contributed by atoms with E-state index in [1.807, 2.05) is 0 Å². The summed E-state index contributed by atoms with van der Waals surface area (Å²) >= 11 is 0. The number of hydrogen-bond acceptors (Lipinski definition) is 5. The van der Waals surface area contributed by atoms with E-state index in [1.54, 1.807) is 42.5 Å². The highest BCUT2D eigenvalue weighted by atomic mass is 16.5. The van der Waals surface area contributed by atoms with Crippen LogP contribution in [-0.2, 0) is 16.0 Å². The summed E-state index contributed by atoms with van der Waals surface area (Å²) < 4.78 is 10.9. The minimum Gasteiger partial charge on any atom is -0.487 e. The second-order valence-corrected chi connectivity index (χ2v) is 5.53. The van der Waals surface area contributed by atoms with Gasteiger partial charge in [-0.25, -0.2) is 0 Å². The predicted molar refractivity (Wildman–Crippen MR) is 90.7 cm³/mol. The lowest BCUT2D eigenvalue weighted by Crippen LogP contribution is -2.25. The van der Waals surface area contributed by atoms with Gasteiger partial charge in [0.25, 0.3) is 5.91 Å². The first-order valence-electron chi connectivity index (χ1n) is 7.59. The first-order chi connectivity index (χ1) is 12.0. The predicted octanol–water partition coefficient (Wildman–Crippen LogP) is 2.09. The summed E-state index contributed by atoms with van der Waals surface area (Å²) in [4.78, 5) is 22.1. The molecule has 7 heteroatoms. The lowest BCUT2D eigenvalue weighted by molar-refractivity contribution is -0.136. The smallest absolute Gasteiger partial charge is 0.307 e. The Labute approximate surface area is 143 Å². The van der Waals surface area contributed by atoms with Gasteiger partial charge in [0.05, 0.1) is 17.8 Å². The third-order valence-electron chi connectivity index (χ3n) is 3.60. The van der Waals surface area contributed by atoms with Gasteiger partial charge in [-0.15, -0.1) is 0 Å². The van der Waals surface area contributed by atoms with Gasteiger partial charge in [-0.1, -0.05) is 12.1 Å². The number of rotatable bonds is 6. The Morgan fingerprint density at radius 3 is 2.92 bits per heavy atom. The van der Waals surface area contributed by atoms with E-state index < -0.39 is 5.97 Å². The van der Waals surface area contributed by atoms with Crippen LogP contribution in [0.5, 0.6) is 11.5 Å². The van der Waals surface area contributed by atoms with Gasteiger partial charge in [0, 0.05) is 5.56 Å². The zero-order chi connectivity index (χ0) is 17.8. The molecule has 25 heavy (non-hydrogen) atoms. The van der Waals surface area contributed by atoms with Gasteiger partial charge in [-0.2, -0.15) is 0 Å². The summed E-state index contributed by atoms with van der Waals surface area (Å²) in [7, 11) is 0. The number of nitrogens with one attached hydrogen (secondary N) is 2. The van der Waals surface area contributed by atoms with Gasteiger partial charge in [-0.05, 0) is 35.9 Å². The van der Waals surface area contributed by atoms with Gasteiger partial charge in [0.1, 0.15) is 18.1 Å². The lowest BCUT2D eigenvalue weighted by atomic mass is 10.1. The number of aliphatic carboxylic acids is 1. The maximum absolute atomic E-state index is 11.4. The second-order valence-electron chi connectivity index (χ2n) is 5.53. The van der Waals surface area contributed by atoms with Crippen LogP contribution in [0.2, 0.25) is 0 Å². The van der Waals surface area contributed by atoms with Crippen molar-refractivity contribution in [3.8, 4) is 11.5 Å². The van der Waals surface area contributed by atoms with Crippen molar-refractivity contribution >= 4 is 23.3 Å². The molecule has 0 fully saturated rings. The van der Waals surface area contributed by atoms with Crippen LogP contribution in [-0.4, -0.2) is 35.9 Å². The summed E-state index contributed by atoms with van der Waals surface area (Å²) in [6, 6.07) is 11.9. The van der Waals surface area contributed by atoms with Crippen molar-refractivity contribution in [2.45, 2.75) is 6.42 Å². The zero-order valence-electron chi connectivity index (χ0n) is 13.2. The molecule has 1 aliphatic heterocycles. The molecule has 1 amide bonds. The van der Waals surface area contributed by atoms with Crippen molar-refractivity contribution in [2.24, 2.45) is 0 Å². The van der Waals surface area contributed by atoms with E-state index in [1.165, 1.54) is 0 Å². The quantitative estimate of drug-likeness (QED) is 0.698. The fraction of sp³-hybridized carbons (Fsp3) is 0.167. The maximum Gasteiger partial charge on any atom is 0.307 e. The molecule has 0 radical (unpaired) electrons. The number of anilines is 1. The number of benzene rings is 2. The van der Waals surface area contributed by atoms with Crippen LogP contribution in [0.4, 0.5) is 5.69 Å². The van der Waals surface area contributed by atoms with Crippen LogP contribution >= 0.6 is 0 Å². The van der Waals surface area contributed by atoms with Crippen molar-refractivity contribution in [1.82, 2.24) is 0 Å². The van der Waals surface area contributed by atoms with Gasteiger partial charge in [-0.3, -0.25) is 9.59 Å². The molecule has 2 aromatic rings. The molecule has 1 aliphatic rings. The molecule has 1 heterocycles. The van der Waals surface area contributed by atoms with Gasteiger partial charge in [0.2, 0.25) is 0 Å².